The van der Waals surface area contributed by atoms with Crippen LogP contribution in [0.1, 0.15) is 48.5 Å². The van der Waals surface area contributed by atoms with E-state index >= 15 is 0 Å². The van der Waals surface area contributed by atoms with Gasteiger partial charge in [0.15, 0.2) is 0 Å². The zero-order valence-electron chi connectivity index (χ0n) is 12.1. The van der Waals surface area contributed by atoms with Gasteiger partial charge in [-0.2, -0.15) is 0 Å². The molecule has 3 heteroatoms. The molecule has 0 aromatic heterocycles. The van der Waals surface area contributed by atoms with Gasteiger partial charge < -0.3 is 10.4 Å². The van der Waals surface area contributed by atoms with Gasteiger partial charge in [-0.15, -0.1) is 0 Å². The third-order valence-corrected chi connectivity index (χ3v) is 4.27. The van der Waals surface area contributed by atoms with Crippen molar-refractivity contribution in [1.82, 2.24) is 5.32 Å². The number of fused-ring (bicyclic) bond motifs is 1. The van der Waals surface area contributed by atoms with E-state index in [1.807, 2.05) is 6.92 Å². The first-order chi connectivity index (χ1) is 10.1. The molecular weight excluding hydrogens is 265 g/mol. The summed E-state index contributed by atoms with van der Waals surface area (Å²) in [6, 6.07) is 13.0. The molecule has 0 saturated carbocycles. The number of benzene rings is 2. The maximum Gasteiger partial charge on any atom is 0.131 e. The number of phenolic OH excluding ortho intramolecular Hbond substituents is 1. The summed E-state index contributed by atoms with van der Waals surface area (Å²) >= 11 is 0. The van der Waals surface area contributed by atoms with E-state index in [0.717, 1.165) is 19.3 Å². The van der Waals surface area contributed by atoms with Crippen LogP contribution in [-0.4, -0.2) is 5.11 Å². The van der Waals surface area contributed by atoms with Gasteiger partial charge in [-0.25, -0.2) is 4.39 Å². The quantitative estimate of drug-likeness (QED) is 0.883. The molecule has 0 radical (unpaired) electrons. The zero-order valence-corrected chi connectivity index (χ0v) is 12.1. The smallest absolute Gasteiger partial charge is 0.131 e. The third-order valence-electron chi connectivity index (χ3n) is 4.27. The van der Waals surface area contributed by atoms with E-state index in [9.17, 15) is 9.50 Å². The number of aromatic hydroxyl groups is 1. The van der Waals surface area contributed by atoms with Crippen LogP contribution in [-0.2, 0) is 6.42 Å². The molecule has 2 aromatic carbocycles. The lowest BCUT2D eigenvalue weighted by atomic mass is 9.87. The SMILES string of the molecule is CC(NC1CCCc2ccccc21)c1ccc(O)cc1F. The number of rotatable bonds is 3. The lowest BCUT2D eigenvalue weighted by Crippen LogP contribution is -2.28. The molecule has 2 aromatic rings. The lowest BCUT2D eigenvalue weighted by Gasteiger charge is -2.29. The van der Waals surface area contributed by atoms with Crippen molar-refractivity contribution in [2.24, 2.45) is 0 Å². The van der Waals surface area contributed by atoms with Crippen LogP contribution >= 0.6 is 0 Å². The number of hydrogen-bond acceptors (Lipinski definition) is 2. The average molecular weight is 285 g/mol. The topological polar surface area (TPSA) is 32.3 Å². The normalized spacial score (nSPS) is 19.0. The van der Waals surface area contributed by atoms with Gasteiger partial charge in [0, 0.05) is 23.7 Å². The summed E-state index contributed by atoms with van der Waals surface area (Å²) in [6.07, 6.45) is 3.34. The molecule has 3 rings (SSSR count). The predicted octanol–water partition coefficient (Wildman–Crippen LogP) is 4.26. The van der Waals surface area contributed by atoms with Gasteiger partial charge in [0.2, 0.25) is 0 Å². The maximum absolute atomic E-state index is 14.0. The fourth-order valence-electron chi connectivity index (χ4n) is 3.19. The molecule has 1 aliphatic rings. The molecule has 2 atom stereocenters. The minimum atomic E-state index is -0.362. The molecule has 1 aliphatic carbocycles. The standard InChI is InChI=1S/C18H20FNO/c1-12(15-10-9-14(21)11-17(15)19)20-18-8-4-6-13-5-2-3-7-16(13)18/h2-3,5,7,9-12,18,20-21H,4,6,8H2,1H3. The van der Waals surface area contributed by atoms with Crippen molar-refractivity contribution >= 4 is 0 Å². The van der Waals surface area contributed by atoms with Crippen molar-refractivity contribution in [2.45, 2.75) is 38.3 Å². The zero-order chi connectivity index (χ0) is 14.8. The van der Waals surface area contributed by atoms with Gasteiger partial charge in [-0.1, -0.05) is 30.3 Å². The Morgan fingerprint density at radius 3 is 2.86 bits per heavy atom. The van der Waals surface area contributed by atoms with E-state index in [4.69, 9.17) is 0 Å². The fraction of sp³-hybridized carbons (Fsp3) is 0.333. The summed E-state index contributed by atoms with van der Waals surface area (Å²) < 4.78 is 14.0. The van der Waals surface area contributed by atoms with Crippen LogP contribution < -0.4 is 5.32 Å². The van der Waals surface area contributed by atoms with Gasteiger partial charge in [-0.05, 0) is 43.4 Å². The van der Waals surface area contributed by atoms with Crippen LogP contribution in [0.3, 0.4) is 0 Å². The van der Waals surface area contributed by atoms with Crippen molar-refractivity contribution in [3.05, 3.63) is 65.0 Å². The number of halogens is 1. The Hall–Kier alpha value is -1.87. The third kappa shape index (κ3) is 2.93. The Morgan fingerprint density at radius 1 is 1.24 bits per heavy atom. The van der Waals surface area contributed by atoms with E-state index in [1.54, 1.807) is 6.07 Å². The molecule has 0 bridgehead atoms. The fourth-order valence-corrected chi connectivity index (χ4v) is 3.19. The highest BCUT2D eigenvalue weighted by Gasteiger charge is 2.22. The summed E-state index contributed by atoms with van der Waals surface area (Å²) in [5, 5.41) is 12.8. The summed E-state index contributed by atoms with van der Waals surface area (Å²) in [7, 11) is 0. The first kappa shape index (κ1) is 14.1. The van der Waals surface area contributed by atoms with Crippen molar-refractivity contribution in [2.75, 3.05) is 0 Å². The summed E-state index contributed by atoms with van der Waals surface area (Å²) in [5.41, 5.74) is 3.31. The van der Waals surface area contributed by atoms with Crippen LogP contribution in [0, 0.1) is 5.82 Å². The monoisotopic (exact) mass is 285 g/mol. The second-order valence-corrected chi connectivity index (χ2v) is 5.74. The molecule has 0 aliphatic heterocycles. The molecule has 110 valence electrons. The lowest BCUT2D eigenvalue weighted by molar-refractivity contribution is 0.405. The average Bonchev–Trinajstić information content (AvgIpc) is 2.47. The van der Waals surface area contributed by atoms with Crippen molar-refractivity contribution < 1.29 is 9.50 Å². The van der Waals surface area contributed by atoms with Crippen molar-refractivity contribution in [3.63, 3.8) is 0 Å². The summed E-state index contributed by atoms with van der Waals surface area (Å²) in [4.78, 5) is 0. The highest BCUT2D eigenvalue weighted by atomic mass is 19.1. The Bertz CT molecular complexity index is 641. The van der Waals surface area contributed by atoms with Gasteiger partial charge in [-0.3, -0.25) is 0 Å². The molecule has 0 amide bonds. The van der Waals surface area contributed by atoms with E-state index in [2.05, 4.69) is 29.6 Å². The minimum absolute atomic E-state index is 0.0357. The number of phenols is 1. The molecule has 0 fully saturated rings. The molecule has 2 nitrogen and oxygen atoms in total. The number of nitrogens with one attached hydrogen (secondary N) is 1. The summed E-state index contributed by atoms with van der Waals surface area (Å²) in [5.74, 6) is -0.398. The van der Waals surface area contributed by atoms with Crippen LogP contribution in [0.15, 0.2) is 42.5 Å². The van der Waals surface area contributed by atoms with Gasteiger partial charge in [0.1, 0.15) is 11.6 Å². The van der Waals surface area contributed by atoms with Crippen molar-refractivity contribution in [3.8, 4) is 5.75 Å². The van der Waals surface area contributed by atoms with Crippen molar-refractivity contribution in [1.29, 1.82) is 0 Å². The molecule has 2 unspecified atom stereocenters. The number of hydrogen-bond donors (Lipinski definition) is 2. The predicted molar refractivity (Wildman–Crippen MR) is 81.7 cm³/mol. The molecule has 0 heterocycles. The van der Waals surface area contributed by atoms with Crippen LogP contribution in [0.2, 0.25) is 0 Å². The first-order valence-corrected chi connectivity index (χ1v) is 7.47. The van der Waals surface area contributed by atoms with Crippen LogP contribution in [0.4, 0.5) is 4.39 Å². The van der Waals surface area contributed by atoms with E-state index < -0.39 is 0 Å². The number of aryl methyl sites for hydroxylation is 1. The van der Waals surface area contributed by atoms with Gasteiger partial charge in [0.25, 0.3) is 0 Å². The Balaban J connectivity index is 1.81. The van der Waals surface area contributed by atoms with Crippen LogP contribution in [0.5, 0.6) is 5.75 Å². The molecular formula is C18H20FNO. The molecule has 0 saturated heterocycles. The van der Waals surface area contributed by atoms with Crippen LogP contribution in [0.25, 0.3) is 0 Å². The second-order valence-electron chi connectivity index (χ2n) is 5.74. The first-order valence-electron chi connectivity index (χ1n) is 7.47. The molecule has 0 spiro atoms. The maximum atomic E-state index is 14.0. The highest BCUT2D eigenvalue weighted by molar-refractivity contribution is 5.33. The van der Waals surface area contributed by atoms with Gasteiger partial charge >= 0.3 is 0 Å². The van der Waals surface area contributed by atoms with E-state index in [0.29, 0.717) is 5.56 Å². The minimum Gasteiger partial charge on any atom is -0.508 e. The highest BCUT2D eigenvalue weighted by Crippen LogP contribution is 2.32. The second kappa shape index (κ2) is 5.86. The molecule has 2 N–H and O–H groups in total. The Morgan fingerprint density at radius 2 is 2.05 bits per heavy atom. The van der Waals surface area contributed by atoms with E-state index in [1.165, 1.54) is 23.3 Å². The van der Waals surface area contributed by atoms with Gasteiger partial charge in [0.05, 0.1) is 0 Å². The van der Waals surface area contributed by atoms with E-state index in [-0.39, 0.29) is 23.7 Å². The Kier molecular flexibility index (Phi) is 3.93. The summed E-state index contributed by atoms with van der Waals surface area (Å²) in [6.45, 7) is 1.96. The Labute approximate surface area is 124 Å². The molecule has 21 heavy (non-hydrogen) atoms. The largest absolute Gasteiger partial charge is 0.508 e.